The van der Waals surface area contributed by atoms with Crippen molar-refractivity contribution in [2.45, 2.75) is 45.3 Å². The Bertz CT molecular complexity index is 430. The zero-order valence-corrected chi connectivity index (χ0v) is 12.0. The molecule has 0 aromatic heterocycles. The summed E-state index contributed by atoms with van der Waals surface area (Å²) in [5, 5.41) is 2.77. The topological polar surface area (TPSA) is 38.3 Å². The van der Waals surface area contributed by atoms with Crippen LogP contribution in [0.4, 0.5) is 13.2 Å². The maximum atomic E-state index is 12.0. The van der Waals surface area contributed by atoms with Gasteiger partial charge in [-0.05, 0) is 24.1 Å². The third-order valence-electron chi connectivity index (χ3n) is 2.82. The Hall–Kier alpha value is -1.72. The van der Waals surface area contributed by atoms with Crippen LogP contribution >= 0.6 is 0 Å². The van der Waals surface area contributed by atoms with Crippen molar-refractivity contribution in [3.63, 3.8) is 0 Å². The van der Waals surface area contributed by atoms with E-state index in [0.29, 0.717) is 13.0 Å². The van der Waals surface area contributed by atoms with Crippen LogP contribution in [0.2, 0.25) is 0 Å². The normalized spacial score (nSPS) is 11.2. The Labute approximate surface area is 122 Å². The van der Waals surface area contributed by atoms with Gasteiger partial charge in [-0.1, -0.05) is 31.9 Å². The molecule has 0 fully saturated rings. The molecule has 0 saturated carbocycles. The number of halogens is 3. The number of hydrogen-bond donors (Lipinski definition) is 1. The second-order valence-corrected chi connectivity index (χ2v) is 4.78. The number of alkyl halides is 3. The monoisotopic (exact) mass is 303 g/mol. The van der Waals surface area contributed by atoms with Gasteiger partial charge in [0, 0.05) is 13.0 Å². The van der Waals surface area contributed by atoms with Crippen LogP contribution in [0.15, 0.2) is 24.3 Å². The third-order valence-corrected chi connectivity index (χ3v) is 2.82. The van der Waals surface area contributed by atoms with Gasteiger partial charge in [0.05, 0.1) is 0 Å². The third kappa shape index (κ3) is 8.22. The second-order valence-electron chi connectivity index (χ2n) is 4.78. The average Bonchev–Trinajstić information content (AvgIpc) is 2.43. The summed E-state index contributed by atoms with van der Waals surface area (Å²) >= 11 is 0. The number of carbonyl (C=O) groups is 1. The first kappa shape index (κ1) is 17.3. The first-order valence-electron chi connectivity index (χ1n) is 6.96. The van der Waals surface area contributed by atoms with E-state index in [1.165, 1.54) is 12.1 Å². The number of unbranched alkanes of at least 4 members (excludes halogenated alkanes) is 2. The highest BCUT2D eigenvalue weighted by atomic mass is 19.4. The van der Waals surface area contributed by atoms with Crippen LogP contribution in [-0.2, 0) is 11.3 Å². The molecule has 0 unspecified atom stereocenters. The molecule has 0 bridgehead atoms. The predicted molar refractivity (Wildman–Crippen MR) is 74.0 cm³/mol. The van der Waals surface area contributed by atoms with Gasteiger partial charge in [0.15, 0.2) is 6.61 Å². The molecule has 3 nitrogen and oxygen atoms in total. The van der Waals surface area contributed by atoms with E-state index < -0.39 is 12.8 Å². The van der Waals surface area contributed by atoms with Crippen molar-refractivity contribution in [2.75, 3.05) is 6.61 Å². The van der Waals surface area contributed by atoms with Gasteiger partial charge in [0.25, 0.3) is 0 Å². The van der Waals surface area contributed by atoms with Gasteiger partial charge in [0.2, 0.25) is 5.91 Å². The Morgan fingerprint density at radius 1 is 1.19 bits per heavy atom. The van der Waals surface area contributed by atoms with Crippen LogP contribution in [0.25, 0.3) is 0 Å². The molecule has 1 amide bonds. The molecule has 1 aromatic rings. The number of ether oxygens (including phenoxy) is 1. The smallest absolute Gasteiger partial charge is 0.422 e. The fraction of sp³-hybridized carbons (Fsp3) is 0.533. The summed E-state index contributed by atoms with van der Waals surface area (Å²) in [4.78, 5) is 11.5. The van der Waals surface area contributed by atoms with Crippen molar-refractivity contribution in [1.82, 2.24) is 5.32 Å². The minimum atomic E-state index is -4.34. The van der Waals surface area contributed by atoms with Crippen molar-refractivity contribution < 1.29 is 22.7 Å². The maximum Gasteiger partial charge on any atom is 0.422 e. The van der Waals surface area contributed by atoms with Gasteiger partial charge in [0.1, 0.15) is 5.75 Å². The zero-order valence-electron chi connectivity index (χ0n) is 12.0. The fourth-order valence-corrected chi connectivity index (χ4v) is 1.69. The quantitative estimate of drug-likeness (QED) is 0.741. The summed E-state index contributed by atoms with van der Waals surface area (Å²) in [5.74, 6) is 0.145. The van der Waals surface area contributed by atoms with E-state index in [9.17, 15) is 18.0 Å². The Kier molecular flexibility index (Phi) is 7.05. The number of carbonyl (C=O) groups excluding carboxylic acids is 1. The summed E-state index contributed by atoms with van der Waals surface area (Å²) in [6.45, 7) is 1.13. The van der Waals surface area contributed by atoms with Crippen LogP contribution in [0.1, 0.15) is 38.2 Å². The zero-order chi connectivity index (χ0) is 15.7. The van der Waals surface area contributed by atoms with Crippen LogP contribution < -0.4 is 10.1 Å². The minimum Gasteiger partial charge on any atom is -0.484 e. The molecule has 21 heavy (non-hydrogen) atoms. The number of amides is 1. The standard InChI is InChI=1S/C15H20F3NO2/c1-2-3-4-5-14(20)19-10-12-6-8-13(9-7-12)21-11-15(16,17)18/h6-9H,2-5,10-11H2,1H3,(H,19,20). The summed E-state index contributed by atoms with van der Waals surface area (Å²) in [6.07, 6.45) is -0.885. The lowest BCUT2D eigenvalue weighted by molar-refractivity contribution is -0.153. The van der Waals surface area contributed by atoms with Gasteiger partial charge in [-0.3, -0.25) is 4.79 Å². The van der Waals surface area contributed by atoms with Crippen LogP contribution in [0.3, 0.4) is 0 Å². The Morgan fingerprint density at radius 2 is 1.86 bits per heavy atom. The Morgan fingerprint density at radius 3 is 2.43 bits per heavy atom. The minimum absolute atomic E-state index is 0.0131. The predicted octanol–water partition coefficient (Wildman–Crippen LogP) is 3.82. The number of benzene rings is 1. The lowest BCUT2D eigenvalue weighted by Gasteiger charge is -2.10. The lowest BCUT2D eigenvalue weighted by Crippen LogP contribution is -2.22. The molecule has 0 heterocycles. The van der Waals surface area contributed by atoms with E-state index in [2.05, 4.69) is 17.0 Å². The highest BCUT2D eigenvalue weighted by Gasteiger charge is 2.28. The molecule has 0 atom stereocenters. The average molecular weight is 303 g/mol. The largest absolute Gasteiger partial charge is 0.484 e. The van der Waals surface area contributed by atoms with Crippen LogP contribution in [0.5, 0.6) is 5.75 Å². The molecular formula is C15H20F3NO2. The summed E-state index contributed by atoms with van der Waals surface area (Å²) in [6, 6.07) is 6.20. The number of rotatable bonds is 8. The summed E-state index contributed by atoms with van der Waals surface area (Å²) < 4.78 is 40.6. The van der Waals surface area contributed by atoms with E-state index in [4.69, 9.17) is 0 Å². The summed E-state index contributed by atoms with van der Waals surface area (Å²) in [5.41, 5.74) is 0.818. The molecule has 0 aliphatic heterocycles. The van der Waals surface area contributed by atoms with E-state index in [0.717, 1.165) is 24.8 Å². The molecule has 1 aromatic carbocycles. The molecule has 0 spiro atoms. The molecule has 0 aliphatic carbocycles. The highest BCUT2D eigenvalue weighted by Crippen LogP contribution is 2.18. The van der Waals surface area contributed by atoms with Gasteiger partial charge < -0.3 is 10.1 Å². The molecule has 6 heteroatoms. The van der Waals surface area contributed by atoms with Crippen molar-refractivity contribution in [3.05, 3.63) is 29.8 Å². The van der Waals surface area contributed by atoms with Crippen molar-refractivity contribution in [2.24, 2.45) is 0 Å². The van der Waals surface area contributed by atoms with Gasteiger partial charge in [-0.2, -0.15) is 13.2 Å². The second kappa shape index (κ2) is 8.54. The molecule has 0 radical (unpaired) electrons. The number of hydrogen-bond acceptors (Lipinski definition) is 2. The number of nitrogens with one attached hydrogen (secondary N) is 1. The lowest BCUT2D eigenvalue weighted by atomic mass is 10.2. The molecule has 0 saturated heterocycles. The SMILES string of the molecule is CCCCCC(=O)NCc1ccc(OCC(F)(F)F)cc1. The first-order chi connectivity index (χ1) is 9.90. The molecular weight excluding hydrogens is 283 g/mol. The van der Waals surface area contributed by atoms with Gasteiger partial charge in [-0.15, -0.1) is 0 Å². The first-order valence-corrected chi connectivity index (χ1v) is 6.96. The van der Waals surface area contributed by atoms with Gasteiger partial charge in [-0.25, -0.2) is 0 Å². The van der Waals surface area contributed by atoms with Crippen molar-refractivity contribution in [3.8, 4) is 5.75 Å². The highest BCUT2D eigenvalue weighted by molar-refractivity contribution is 5.75. The van der Waals surface area contributed by atoms with Crippen molar-refractivity contribution >= 4 is 5.91 Å². The van der Waals surface area contributed by atoms with E-state index >= 15 is 0 Å². The molecule has 118 valence electrons. The molecule has 1 rings (SSSR count). The Balaban J connectivity index is 2.32. The van der Waals surface area contributed by atoms with Gasteiger partial charge >= 0.3 is 6.18 Å². The van der Waals surface area contributed by atoms with E-state index in [-0.39, 0.29) is 11.7 Å². The van der Waals surface area contributed by atoms with E-state index in [1.54, 1.807) is 12.1 Å². The fourth-order valence-electron chi connectivity index (χ4n) is 1.69. The van der Waals surface area contributed by atoms with Crippen molar-refractivity contribution in [1.29, 1.82) is 0 Å². The molecule has 1 N–H and O–H groups in total. The molecule has 0 aliphatic rings. The van der Waals surface area contributed by atoms with Crippen LogP contribution in [0, 0.1) is 0 Å². The van der Waals surface area contributed by atoms with Crippen LogP contribution in [-0.4, -0.2) is 18.7 Å². The summed E-state index contributed by atoms with van der Waals surface area (Å²) in [7, 11) is 0. The van der Waals surface area contributed by atoms with E-state index in [1.807, 2.05) is 0 Å². The maximum absolute atomic E-state index is 12.0.